The number of nitrogens with one attached hydrogen (secondary N) is 1. The molecular weight excluding hydrogens is 228 g/mol. The van der Waals surface area contributed by atoms with Crippen LogP contribution in [0.1, 0.15) is 0 Å². The molecule has 0 aliphatic rings. The van der Waals surface area contributed by atoms with Gasteiger partial charge in [0.1, 0.15) is 0 Å². The average molecular weight is 238 g/mol. The summed E-state index contributed by atoms with van der Waals surface area (Å²) in [5.41, 5.74) is 2.63. The molecular formula is C14H10N2O2. The zero-order chi connectivity index (χ0) is 12.5. The number of aromatic nitrogens is 1. The highest BCUT2D eigenvalue weighted by molar-refractivity contribution is 5.97. The topological polar surface area (TPSA) is 58.9 Å². The summed E-state index contributed by atoms with van der Waals surface area (Å²) in [5, 5.41) is 12.1. The summed E-state index contributed by atoms with van der Waals surface area (Å²) in [6.07, 6.45) is 1.84. The van der Waals surface area contributed by atoms with E-state index in [1.807, 2.05) is 36.5 Å². The van der Waals surface area contributed by atoms with Crippen molar-refractivity contribution in [3.05, 3.63) is 64.8 Å². The van der Waals surface area contributed by atoms with Gasteiger partial charge in [0.25, 0.3) is 5.69 Å². The number of fused-ring (bicyclic) bond motifs is 1. The number of aromatic amines is 1. The second kappa shape index (κ2) is 4.00. The highest BCUT2D eigenvalue weighted by atomic mass is 16.6. The van der Waals surface area contributed by atoms with Gasteiger partial charge in [-0.15, -0.1) is 0 Å². The van der Waals surface area contributed by atoms with Crippen molar-refractivity contribution in [1.82, 2.24) is 4.98 Å². The van der Waals surface area contributed by atoms with Gasteiger partial charge in [0, 0.05) is 23.2 Å². The molecule has 0 saturated heterocycles. The molecule has 0 aliphatic carbocycles. The average Bonchev–Trinajstić information content (AvgIpc) is 2.86. The number of hydrogen-bond acceptors (Lipinski definition) is 2. The van der Waals surface area contributed by atoms with Crippen LogP contribution < -0.4 is 0 Å². The van der Waals surface area contributed by atoms with Crippen molar-refractivity contribution >= 4 is 16.6 Å². The Kier molecular flexibility index (Phi) is 2.34. The van der Waals surface area contributed by atoms with E-state index in [1.165, 1.54) is 6.07 Å². The molecule has 88 valence electrons. The van der Waals surface area contributed by atoms with Crippen LogP contribution in [-0.2, 0) is 0 Å². The van der Waals surface area contributed by atoms with Crippen LogP contribution in [-0.4, -0.2) is 9.91 Å². The van der Waals surface area contributed by atoms with Gasteiger partial charge in [-0.3, -0.25) is 10.1 Å². The fourth-order valence-corrected chi connectivity index (χ4v) is 2.18. The fraction of sp³-hybridized carbons (Fsp3) is 0. The maximum Gasteiger partial charge on any atom is 0.277 e. The van der Waals surface area contributed by atoms with Gasteiger partial charge < -0.3 is 4.98 Å². The zero-order valence-corrected chi connectivity index (χ0v) is 9.46. The Morgan fingerprint density at radius 2 is 1.72 bits per heavy atom. The van der Waals surface area contributed by atoms with Gasteiger partial charge in [-0.25, -0.2) is 0 Å². The van der Waals surface area contributed by atoms with Crippen molar-refractivity contribution in [2.75, 3.05) is 0 Å². The molecule has 1 heterocycles. The molecule has 3 aromatic rings. The Bertz CT molecular complexity index is 731. The lowest BCUT2D eigenvalue weighted by Gasteiger charge is -2.04. The van der Waals surface area contributed by atoms with Crippen molar-refractivity contribution in [1.29, 1.82) is 0 Å². The monoisotopic (exact) mass is 238 g/mol. The van der Waals surface area contributed by atoms with E-state index in [9.17, 15) is 10.1 Å². The lowest BCUT2D eigenvalue weighted by atomic mass is 10.0. The number of para-hydroxylation sites is 1. The highest BCUT2D eigenvalue weighted by Gasteiger charge is 2.15. The molecule has 2 aromatic carbocycles. The molecule has 1 aromatic heterocycles. The molecule has 18 heavy (non-hydrogen) atoms. The number of rotatable bonds is 2. The van der Waals surface area contributed by atoms with E-state index in [-0.39, 0.29) is 10.6 Å². The standard InChI is InChI=1S/C14H10N2O2/c17-16(18)14-7-2-1-4-12(14)10-5-3-6-13-11(10)8-9-15-13/h1-9,15H. The van der Waals surface area contributed by atoms with Gasteiger partial charge in [0.2, 0.25) is 0 Å². The summed E-state index contributed by atoms with van der Waals surface area (Å²) >= 11 is 0. The van der Waals surface area contributed by atoms with Gasteiger partial charge in [0.15, 0.2) is 0 Å². The Hall–Kier alpha value is -2.62. The van der Waals surface area contributed by atoms with E-state index in [2.05, 4.69) is 4.98 Å². The zero-order valence-electron chi connectivity index (χ0n) is 9.46. The van der Waals surface area contributed by atoms with Crippen LogP contribution in [0.3, 0.4) is 0 Å². The van der Waals surface area contributed by atoms with E-state index in [4.69, 9.17) is 0 Å². The van der Waals surface area contributed by atoms with Gasteiger partial charge in [0.05, 0.1) is 10.5 Å². The highest BCUT2D eigenvalue weighted by Crippen LogP contribution is 2.34. The summed E-state index contributed by atoms with van der Waals surface area (Å²) in [5.74, 6) is 0. The molecule has 0 radical (unpaired) electrons. The number of nitrogens with zero attached hydrogens (tertiary/aromatic N) is 1. The second-order valence-corrected chi connectivity index (χ2v) is 4.02. The van der Waals surface area contributed by atoms with Gasteiger partial charge in [-0.2, -0.15) is 0 Å². The van der Waals surface area contributed by atoms with Crippen LogP contribution in [0.25, 0.3) is 22.0 Å². The number of hydrogen-bond donors (Lipinski definition) is 1. The van der Waals surface area contributed by atoms with Crippen molar-refractivity contribution < 1.29 is 4.92 Å². The summed E-state index contributed by atoms with van der Waals surface area (Å²) in [6, 6.07) is 14.5. The van der Waals surface area contributed by atoms with Crippen LogP contribution >= 0.6 is 0 Å². The fourth-order valence-electron chi connectivity index (χ4n) is 2.18. The first-order valence-electron chi connectivity index (χ1n) is 5.57. The van der Waals surface area contributed by atoms with Crippen LogP contribution in [0, 0.1) is 10.1 Å². The molecule has 0 spiro atoms. The van der Waals surface area contributed by atoms with Gasteiger partial charge >= 0.3 is 0 Å². The molecule has 4 heteroatoms. The Morgan fingerprint density at radius 1 is 0.944 bits per heavy atom. The maximum absolute atomic E-state index is 11.1. The summed E-state index contributed by atoms with van der Waals surface area (Å²) in [7, 11) is 0. The van der Waals surface area contributed by atoms with E-state index in [0.717, 1.165) is 16.5 Å². The summed E-state index contributed by atoms with van der Waals surface area (Å²) in [6.45, 7) is 0. The molecule has 3 rings (SSSR count). The third-order valence-corrected chi connectivity index (χ3v) is 2.99. The maximum atomic E-state index is 11.1. The molecule has 1 N–H and O–H groups in total. The molecule has 0 bridgehead atoms. The third-order valence-electron chi connectivity index (χ3n) is 2.99. The third kappa shape index (κ3) is 1.55. The minimum Gasteiger partial charge on any atom is -0.361 e. The van der Waals surface area contributed by atoms with Crippen LogP contribution in [0.4, 0.5) is 5.69 Å². The number of nitro benzene ring substituents is 1. The minimum absolute atomic E-state index is 0.131. The second-order valence-electron chi connectivity index (χ2n) is 4.02. The first-order chi connectivity index (χ1) is 8.77. The smallest absolute Gasteiger partial charge is 0.277 e. The van der Waals surface area contributed by atoms with Crippen LogP contribution in [0.2, 0.25) is 0 Å². The van der Waals surface area contributed by atoms with E-state index >= 15 is 0 Å². The minimum atomic E-state index is -0.346. The molecule has 0 atom stereocenters. The Balaban J connectivity index is 2.33. The van der Waals surface area contributed by atoms with Crippen LogP contribution in [0.15, 0.2) is 54.7 Å². The summed E-state index contributed by atoms with van der Waals surface area (Å²) < 4.78 is 0. The van der Waals surface area contributed by atoms with Gasteiger partial charge in [-0.05, 0) is 23.8 Å². The molecule has 0 aliphatic heterocycles. The predicted molar refractivity (Wildman–Crippen MR) is 70.4 cm³/mol. The van der Waals surface area contributed by atoms with Crippen molar-refractivity contribution in [3.8, 4) is 11.1 Å². The number of benzene rings is 2. The van der Waals surface area contributed by atoms with Gasteiger partial charge in [-0.1, -0.05) is 24.3 Å². The van der Waals surface area contributed by atoms with Crippen molar-refractivity contribution in [2.24, 2.45) is 0 Å². The lowest BCUT2D eigenvalue weighted by molar-refractivity contribution is -0.384. The molecule has 4 nitrogen and oxygen atoms in total. The largest absolute Gasteiger partial charge is 0.361 e. The molecule has 0 unspecified atom stereocenters. The first kappa shape index (κ1) is 10.5. The number of nitro groups is 1. The Labute approximate surface area is 103 Å². The van der Waals surface area contributed by atoms with Crippen molar-refractivity contribution in [3.63, 3.8) is 0 Å². The van der Waals surface area contributed by atoms with E-state index in [0.29, 0.717) is 5.56 Å². The normalized spacial score (nSPS) is 10.7. The van der Waals surface area contributed by atoms with E-state index in [1.54, 1.807) is 12.1 Å². The first-order valence-corrected chi connectivity index (χ1v) is 5.57. The summed E-state index contributed by atoms with van der Waals surface area (Å²) in [4.78, 5) is 13.8. The lowest BCUT2D eigenvalue weighted by Crippen LogP contribution is -1.91. The van der Waals surface area contributed by atoms with E-state index < -0.39 is 0 Å². The SMILES string of the molecule is O=[N+]([O-])c1ccccc1-c1cccc2[nH]ccc12. The van der Waals surface area contributed by atoms with Crippen molar-refractivity contribution in [2.45, 2.75) is 0 Å². The number of H-pyrrole nitrogens is 1. The molecule has 0 amide bonds. The quantitative estimate of drug-likeness (QED) is 0.546. The van der Waals surface area contributed by atoms with Crippen LogP contribution in [0.5, 0.6) is 0 Å². The Morgan fingerprint density at radius 3 is 2.56 bits per heavy atom. The molecule has 0 fully saturated rings. The molecule has 0 saturated carbocycles. The predicted octanol–water partition coefficient (Wildman–Crippen LogP) is 3.74.